The highest BCUT2D eigenvalue weighted by molar-refractivity contribution is 7.22. The van der Waals surface area contributed by atoms with Gasteiger partial charge in [-0.1, -0.05) is 29.8 Å². The van der Waals surface area contributed by atoms with Crippen LogP contribution in [0.3, 0.4) is 0 Å². The second-order valence-corrected chi connectivity index (χ2v) is 5.70. The van der Waals surface area contributed by atoms with Crippen LogP contribution in [0.4, 0.5) is 0 Å². The summed E-state index contributed by atoms with van der Waals surface area (Å²) in [5.74, 6) is -0.968. The number of halogens is 1. The van der Waals surface area contributed by atoms with E-state index in [1.54, 1.807) is 23.5 Å². The highest BCUT2D eigenvalue weighted by Crippen LogP contribution is 2.35. The van der Waals surface area contributed by atoms with Crippen LogP contribution >= 0.6 is 22.9 Å². The van der Waals surface area contributed by atoms with Crippen molar-refractivity contribution in [1.29, 1.82) is 0 Å². The van der Waals surface area contributed by atoms with Crippen molar-refractivity contribution in [2.24, 2.45) is 0 Å². The fraction of sp³-hybridized carbons (Fsp3) is 0. The third-order valence-corrected chi connectivity index (χ3v) is 4.24. The normalized spacial score (nSPS) is 10.8. The predicted molar refractivity (Wildman–Crippen MR) is 79.2 cm³/mol. The summed E-state index contributed by atoms with van der Waals surface area (Å²) in [7, 11) is 0. The van der Waals surface area contributed by atoms with Crippen LogP contribution in [0.5, 0.6) is 0 Å². The molecule has 0 bridgehead atoms. The topological polar surface area (TPSA) is 37.3 Å². The van der Waals surface area contributed by atoms with E-state index in [0.29, 0.717) is 5.02 Å². The molecule has 4 heteroatoms. The summed E-state index contributed by atoms with van der Waals surface area (Å²) in [6.07, 6.45) is 0. The molecule has 94 valence electrons. The van der Waals surface area contributed by atoms with Crippen molar-refractivity contribution in [3.05, 3.63) is 59.1 Å². The van der Waals surface area contributed by atoms with E-state index in [-0.39, 0.29) is 5.56 Å². The maximum Gasteiger partial charge on any atom is 0.335 e. The Labute approximate surface area is 118 Å². The Kier molecular flexibility index (Phi) is 3.01. The number of carboxylic acids is 1. The lowest BCUT2D eigenvalue weighted by molar-refractivity contribution is 0.0697. The SMILES string of the molecule is O=C(O)c1cc(Cl)cc(-c2cc3ccccc3s2)c1. The summed E-state index contributed by atoms with van der Waals surface area (Å²) >= 11 is 7.61. The van der Waals surface area contributed by atoms with E-state index in [4.69, 9.17) is 16.7 Å². The number of benzene rings is 2. The van der Waals surface area contributed by atoms with Crippen LogP contribution in [-0.2, 0) is 0 Å². The van der Waals surface area contributed by atoms with Gasteiger partial charge in [-0.3, -0.25) is 0 Å². The van der Waals surface area contributed by atoms with Gasteiger partial charge in [-0.25, -0.2) is 4.79 Å². The minimum absolute atomic E-state index is 0.208. The molecule has 2 nitrogen and oxygen atoms in total. The Morgan fingerprint density at radius 1 is 1.11 bits per heavy atom. The molecule has 3 rings (SSSR count). The maximum absolute atomic E-state index is 11.1. The van der Waals surface area contributed by atoms with Gasteiger partial charge in [0.15, 0.2) is 0 Å². The molecule has 0 saturated heterocycles. The molecule has 1 aromatic heterocycles. The lowest BCUT2D eigenvalue weighted by atomic mass is 10.1. The van der Waals surface area contributed by atoms with Crippen LogP contribution < -0.4 is 0 Å². The molecule has 0 radical (unpaired) electrons. The van der Waals surface area contributed by atoms with Crippen molar-refractivity contribution in [3.8, 4) is 10.4 Å². The monoisotopic (exact) mass is 288 g/mol. The van der Waals surface area contributed by atoms with Gasteiger partial charge in [0, 0.05) is 14.6 Å². The van der Waals surface area contributed by atoms with E-state index in [2.05, 4.69) is 6.07 Å². The zero-order valence-electron chi connectivity index (χ0n) is 9.76. The third kappa shape index (κ3) is 2.35. The van der Waals surface area contributed by atoms with Gasteiger partial charge in [-0.15, -0.1) is 11.3 Å². The van der Waals surface area contributed by atoms with Crippen molar-refractivity contribution in [2.45, 2.75) is 0 Å². The van der Waals surface area contributed by atoms with Gasteiger partial charge in [-0.05, 0) is 41.3 Å². The summed E-state index contributed by atoms with van der Waals surface area (Å²) in [6, 6.07) is 15.0. The minimum Gasteiger partial charge on any atom is -0.478 e. The number of hydrogen-bond acceptors (Lipinski definition) is 2. The number of aromatic carboxylic acids is 1. The first-order chi connectivity index (χ1) is 9.13. The van der Waals surface area contributed by atoms with E-state index in [1.807, 2.05) is 24.3 Å². The van der Waals surface area contributed by atoms with Crippen molar-refractivity contribution in [2.75, 3.05) is 0 Å². The molecule has 0 unspecified atom stereocenters. The third-order valence-electron chi connectivity index (χ3n) is 2.85. The molecule has 0 spiro atoms. The lowest BCUT2D eigenvalue weighted by Crippen LogP contribution is -1.95. The quantitative estimate of drug-likeness (QED) is 0.727. The molecule has 0 aliphatic heterocycles. The average Bonchev–Trinajstić information content (AvgIpc) is 2.81. The van der Waals surface area contributed by atoms with Crippen LogP contribution in [0.15, 0.2) is 48.5 Å². The summed E-state index contributed by atoms with van der Waals surface area (Å²) in [6.45, 7) is 0. The number of carboxylic acid groups (broad SMARTS) is 1. The van der Waals surface area contributed by atoms with Gasteiger partial charge in [0.1, 0.15) is 0 Å². The number of rotatable bonds is 2. The second kappa shape index (κ2) is 4.68. The average molecular weight is 289 g/mol. The molecule has 0 aliphatic carbocycles. The predicted octanol–water partition coefficient (Wildman–Crippen LogP) is 4.92. The van der Waals surface area contributed by atoms with Crippen LogP contribution in [0.2, 0.25) is 5.02 Å². The van der Waals surface area contributed by atoms with Crippen LogP contribution in [-0.4, -0.2) is 11.1 Å². The molecule has 0 aliphatic rings. The first-order valence-corrected chi connectivity index (χ1v) is 6.86. The van der Waals surface area contributed by atoms with Gasteiger partial charge in [0.25, 0.3) is 0 Å². The van der Waals surface area contributed by atoms with E-state index in [1.165, 1.54) is 10.8 Å². The molecule has 0 fully saturated rings. The van der Waals surface area contributed by atoms with Gasteiger partial charge in [0.05, 0.1) is 5.56 Å². The number of thiophene rings is 1. The smallest absolute Gasteiger partial charge is 0.335 e. The number of carbonyl (C=O) groups is 1. The zero-order valence-corrected chi connectivity index (χ0v) is 11.3. The summed E-state index contributed by atoms with van der Waals surface area (Å²) in [5, 5.41) is 10.7. The molecule has 0 amide bonds. The van der Waals surface area contributed by atoms with E-state index >= 15 is 0 Å². The molecule has 1 heterocycles. The summed E-state index contributed by atoms with van der Waals surface area (Å²) in [5.41, 5.74) is 1.05. The highest BCUT2D eigenvalue weighted by Gasteiger charge is 2.09. The van der Waals surface area contributed by atoms with Crippen molar-refractivity contribution in [1.82, 2.24) is 0 Å². The fourth-order valence-corrected chi connectivity index (χ4v) is 3.26. The Hall–Kier alpha value is -1.84. The molecule has 3 aromatic rings. The number of hydrogen-bond donors (Lipinski definition) is 1. The molecule has 2 aromatic carbocycles. The van der Waals surface area contributed by atoms with Crippen molar-refractivity contribution in [3.63, 3.8) is 0 Å². The minimum atomic E-state index is -0.968. The van der Waals surface area contributed by atoms with Crippen molar-refractivity contribution >= 4 is 39.0 Å². The van der Waals surface area contributed by atoms with Gasteiger partial charge in [0.2, 0.25) is 0 Å². The largest absolute Gasteiger partial charge is 0.478 e. The second-order valence-electron chi connectivity index (χ2n) is 4.18. The van der Waals surface area contributed by atoms with Gasteiger partial charge < -0.3 is 5.11 Å². The Morgan fingerprint density at radius 3 is 2.63 bits per heavy atom. The Balaban J connectivity index is 2.17. The van der Waals surface area contributed by atoms with Crippen LogP contribution in [0.1, 0.15) is 10.4 Å². The van der Waals surface area contributed by atoms with Gasteiger partial charge in [-0.2, -0.15) is 0 Å². The number of fused-ring (bicyclic) bond motifs is 1. The highest BCUT2D eigenvalue weighted by atomic mass is 35.5. The molecule has 19 heavy (non-hydrogen) atoms. The first kappa shape index (κ1) is 12.2. The van der Waals surface area contributed by atoms with E-state index in [9.17, 15) is 4.79 Å². The molecular formula is C15H9ClO2S. The summed E-state index contributed by atoms with van der Waals surface area (Å²) < 4.78 is 1.18. The lowest BCUT2D eigenvalue weighted by Gasteiger charge is -2.01. The first-order valence-electron chi connectivity index (χ1n) is 5.66. The molecule has 1 N–H and O–H groups in total. The standard InChI is InChI=1S/C15H9ClO2S/c16-12-6-10(5-11(7-12)15(17)18)14-8-9-3-1-2-4-13(9)19-14/h1-8H,(H,17,18). The molecular weight excluding hydrogens is 280 g/mol. The van der Waals surface area contributed by atoms with E-state index < -0.39 is 5.97 Å². The fourth-order valence-electron chi connectivity index (χ4n) is 1.98. The zero-order chi connectivity index (χ0) is 13.4. The molecule has 0 atom stereocenters. The summed E-state index contributed by atoms with van der Waals surface area (Å²) in [4.78, 5) is 12.1. The van der Waals surface area contributed by atoms with Crippen LogP contribution in [0, 0.1) is 0 Å². The Morgan fingerprint density at radius 2 is 1.89 bits per heavy atom. The maximum atomic E-state index is 11.1. The molecule has 0 saturated carbocycles. The van der Waals surface area contributed by atoms with Crippen molar-refractivity contribution < 1.29 is 9.90 Å². The van der Waals surface area contributed by atoms with E-state index in [0.717, 1.165) is 15.8 Å². The Bertz CT molecular complexity index is 744. The van der Waals surface area contributed by atoms with Crippen LogP contribution in [0.25, 0.3) is 20.5 Å². The van der Waals surface area contributed by atoms with Gasteiger partial charge >= 0.3 is 5.97 Å².